The first-order chi connectivity index (χ1) is 9.04. The molecule has 1 aromatic heterocycles. The van der Waals surface area contributed by atoms with Gasteiger partial charge in [0.2, 0.25) is 0 Å². The monoisotopic (exact) mass is 283 g/mol. The lowest BCUT2D eigenvalue weighted by Crippen LogP contribution is -2.53. The molecule has 1 fully saturated rings. The molecular weight excluding hydrogens is 266 g/mol. The van der Waals surface area contributed by atoms with E-state index in [4.69, 9.17) is 9.47 Å². The van der Waals surface area contributed by atoms with Gasteiger partial charge in [-0.2, -0.15) is 0 Å². The third-order valence-corrected chi connectivity index (χ3v) is 4.10. The minimum atomic E-state index is -0.647. The highest BCUT2D eigenvalue weighted by molar-refractivity contribution is 7.12. The van der Waals surface area contributed by atoms with Gasteiger partial charge in [-0.3, -0.25) is 4.79 Å². The largest absolute Gasteiger partial charge is 0.467 e. The lowest BCUT2D eigenvalue weighted by Gasteiger charge is -2.33. The number of carbonyl (C=O) groups excluding carboxylic acids is 2. The summed E-state index contributed by atoms with van der Waals surface area (Å²) in [4.78, 5) is 27.8. The van der Waals surface area contributed by atoms with E-state index < -0.39 is 12.0 Å². The minimum Gasteiger partial charge on any atom is -0.467 e. The maximum absolute atomic E-state index is 12.5. The average molecular weight is 283 g/mol. The Labute approximate surface area is 116 Å². The third kappa shape index (κ3) is 2.79. The van der Waals surface area contributed by atoms with Gasteiger partial charge < -0.3 is 14.4 Å². The number of hydrogen-bond acceptors (Lipinski definition) is 5. The van der Waals surface area contributed by atoms with E-state index in [-0.39, 0.29) is 12.5 Å². The summed E-state index contributed by atoms with van der Waals surface area (Å²) in [7, 11) is 1.32. The minimum absolute atomic E-state index is 0.124. The molecule has 0 N–H and O–H groups in total. The molecule has 1 saturated heterocycles. The van der Waals surface area contributed by atoms with E-state index >= 15 is 0 Å². The molecule has 1 amide bonds. The number of ether oxygens (including phenoxy) is 2. The Kier molecular flexibility index (Phi) is 4.21. The fourth-order valence-corrected chi connectivity index (χ4v) is 3.09. The number of carbonyl (C=O) groups is 2. The van der Waals surface area contributed by atoms with Gasteiger partial charge in [-0.15, -0.1) is 11.3 Å². The molecular formula is C13H17NO4S. The maximum Gasteiger partial charge on any atom is 0.331 e. The molecule has 19 heavy (non-hydrogen) atoms. The lowest BCUT2D eigenvalue weighted by molar-refractivity contribution is -0.151. The molecule has 0 bridgehead atoms. The van der Waals surface area contributed by atoms with Gasteiger partial charge in [-0.1, -0.05) is 0 Å². The highest BCUT2D eigenvalue weighted by atomic mass is 32.1. The van der Waals surface area contributed by atoms with Crippen LogP contribution in [0.15, 0.2) is 6.07 Å². The van der Waals surface area contributed by atoms with Crippen molar-refractivity contribution in [2.45, 2.75) is 19.9 Å². The Morgan fingerprint density at radius 3 is 2.79 bits per heavy atom. The summed E-state index contributed by atoms with van der Waals surface area (Å²) < 4.78 is 10.00. The second kappa shape index (κ2) is 5.71. The van der Waals surface area contributed by atoms with Gasteiger partial charge in [0.15, 0.2) is 6.04 Å². The lowest BCUT2D eigenvalue weighted by atomic mass is 10.1. The molecule has 1 aliphatic heterocycles. The maximum atomic E-state index is 12.5. The van der Waals surface area contributed by atoms with Crippen LogP contribution in [-0.4, -0.2) is 49.7 Å². The van der Waals surface area contributed by atoms with Crippen LogP contribution in [0.4, 0.5) is 0 Å². The van der Waals surface area contributed by atoms with E-state index in [2.05, 4.69) is 0 Å². The standard InChI is InChI=1S/C13H17NO4S/c1-8-6-10(9(2)19-8)12(15)14-4-5-18-7-11(14)13(16)17-3/h6,11H,4-5,7H2,1-3H3. The predicted molar refractivity (Wildman–Crippen MR) is 71.5 cm³/mol. The van der Waals surface area contributed by atoms with Crippen LogP contribution >= 0.6 is 11.3 Å². The van der Waals surface area contributed by atoms with Gasteiger partial charge in [0, 0.05) is 16.3 Å². The fraction of sp³-hybridized carbons (Fsp3) is 0.538. The van der Waals surface area contributed by atoms with Crippen LogP contribution in [0.2, 0.25) is 0 Å². The van der Waals surface area contributed by atoms with Crippen molar-refractivity contribution in [1.29, 1.82) is 0 Å². The number of aryl methyl sites for hydroxylation is 2. The second-order valence-electron chi connectivity index (χ2n) is 4.44. The topological polar surface area (TPSA) is 55.8 Å². The summed E-state index contributed by atoms with van der Waals surface area (Å²) in [5.41, 5.74) is 0.665. The van der Waals surface area contributed by atoms with Gasteiger partial charge >= 0.3 is 5.97 Å². The quantitative estimate of drug-likeness (QED) is 0.769. The molecule has 0 aromatic carbocycles. The summed E-state index contributed by atoms with van der Waals surface area (Å²) >= 11 is 1.58. The van der Waals surface area contributed by atoms with E-state index in [9.17, 15) is 9.59 Å². The second-order valence-corrected chi connectivity index (χ2v) is 5.90. The van der Waals surface area contributed by atoms with E-state index in [1.165, 1.54) is 7.11 Å². The Bertz CT molecular complexity index is 497. The number of hydrogen-bond donors (Lipinski definition) is 0. The van der Waals surface area contributed by atoms with E-state index in [0.29, 0.717) is 18.7 Å². The van der Waals surface area contributed by atoms with Crippen LogP contribution in [0.1, 0.15) is 20.1 Å². The number of esters is 1. The normalized spacial score (nSPS) is 19.3. The number of rotatable bonds is 2. The zero-order valence-corrected chi connectivity index (χ0v) is 12.1. The summed E-state index contributed by atoms with van der Waals surface area (Å²) in [6, 6.07) is 1.22. The molecule has 1 aromatic rings. The average Bonchev–Trinajstić information content (AvgIpc) is 2.76. The Hall–Kier alpha value is -1.40. The van der Waals surface area contributed by atoms with Crippen molar-refractivity contribution < 1.29 is 19.1 Å². The zero-order valence-electron chi connectivity index (χ0n) is 11.3. The zero-order chi connectivity index (χ0) is 14.0. The van der Waals surface area contributed by atoms with E-state index in [1.54, 1.807) is 16.2 Å². The van der Waals surface area contributed by atoms with Crippen molar-refractivity contribution in [3.05, 3.63) is 21.4 Å². The highest BCUT2D eigenvalue weighted by Crippen LogP contribution is 2.23. The van der Waals surface area contributed by atoms with Crippen LogP contribution in [0.3, 0.4) is 0 Å². The summed E-state index contributed by atoms with van der Waals surface area (Å²) in [6.45, 7) is 4.93. The van der Waals surface area contributed by atoms with Gasteiger partial charge in [0.05, 0.1) is 25.9 Å². The molecule has 5 nitrogen and oxygen atoms in total. The number of nitrogens with zero attached hydrogens (tertiary/aromatic N) is 1. The first-order valence-corrected chi connectivity index (χ1v) is 6.90. The van der Waals surface area contributed by atoms with E-state index in [1.807, 2.05) is 19.9 Å². The first kappa shape index (κ1) is 14.0. The molecule has 0 spiro atoms. The van der Waals surface area contributed by atoms with Crippen molar-refractivity contribution >= 4 is 23.2 Å². The number of amides is 1. The van der Waals surface area contributed by atoms with Crippen molar-refractivity contribution in [3.63, 3.8) is 0 Å². The molecule has 0 saturated carbocycles. The molecule has 0 radical (unpaired) electrons. The summed E-state index contributed by atoms with van der Waals surface area (Å²) in [5.74, 6) is -0.557. The number of methoxy groups -OCH3 is 1. The number of morpholine rings is 1. The highest BCUT2D eigenvalue weighted by Gasteiger charge is 2.34. The molecule has 1 aliphatic rings. The van der Waals surface area contributed by atoms with Crippen molar-refractivity contribution in [3.8, 4) is 0 Å². The van der Waals surface area contributed by atoms with Crippen molar-refractivity contribution in [2.24, 2.45) is 0 Å². The van der Waals surface area contributed by atoms with Gasteiger partial charge in [-0.05, 0) is 19.9 Å². The van der Waals surface area contributed by atoms with Crippen LogP contribution in [0.5, 0.6) is 0 Å². The fourth-order valence-electron chi connectivity index (χ4n) is 2.18. The third-order valence-electron chi connectivity index (χ3n) is 3.13. The number of thiophene rings is 1. The van der Waals surface area contributed by atoms with Gasteiger partial charge in [0.25, 0.3) is 5.91 Å². The Morgan fingerprint density at radius 2 is 2.21 bits per heavy atom. The molecule has 2 rings (SSSR count). The first-order valence-electron chi connectivity index (χ1n) is 6.08. The smallest absolute Gasteiger partial charge is 0.331 e. The van der Waals surface area contributed by atoms with Gasteiger partial charge in [-0.25, -0.2) is 4.79 Å². The molecule has 6 heteroatoms. The summed E-state index contributed by atoms with van der Waals surface area (Å²) in [5, 5.41) is 0. The van der Waals surface area contributed by atoms with Gasteiger partial charge in [0.1, 0.15) is 0 Å². The van der Waals surface area contributed by atoms with Crippen molar-refractivity contribution in [2.75, 3.05) is 26.9 Å². The Balaban J connectivity index is 2.25. The molecule has 2 heterocycles. The van der Waals surface area contributed by atoms with E-state index in [0.717, 1.165) is 9.75 Å². The predicted octanol–water partition coefficient (Wildman–Crippen LogP) is 1.38. The summed E-state index contributed by atoms with van der Waals surface area (Å²) in [6.07, 6.45) is 0. The van der Waals surface area contributed by atoms with Crippen molar-refractivity contribution in [1.82, 2.24) is 4.90 Å². The molecule has 104 valence electrons. The van der Waals surface area contributed by atoms with Crippen LogP contribution in [0, 0.1) is 13.8 Å². The Morgan fingerprint density at radius 1 is 1.47 bits per heavy atom. The van der Waals surface area contributed by atoms with Crippen LogP contribution < -0.4 is 0 Å². The van der Waals surface area contributed by atoms with Crippen LogP contribution in [-0.2, 0) is 14.3 Å². The molecule has 1 unspecified atom stereocenters. The molecule has 1 atom stereocenters. The SMILES string of the molecule is COC(=O)C1COCCN1C(=O)c1cc(C)sc1C. The molecule has 0 aliphatic carbocycles. The van der Waals surface area contributed by atoms with Crippen LogP contribution in [0.25, 0.3) is 0 Å².